The molecule has 0 aromatic heterocycles. The van der Waals surface area contributed by atoms with E-state index in [1.807, 2.05) is 11.8 Å². The lowest BCUT2D eigenvalue weighted by Crippen LogP contribution is -2.42. The highest BCUT2D eigenvalue weighted by atomic mass is 16.4. The summed E-state index contributed by atoms with van der Waals surface area (Å²) in [7, 11) is 2.09. The van der Waals surface area contributed by atoms with Crippen molar-refractivity contribution in [3.63, 3.8) is 0 Å². The molecular weight excluding hydrogens is 240 g/mol. The molecule has 0 rings (SSSR count). The Hall–Kier alpha value is -0.870. The van der Waals surface area contributed by atoms with Crippen molar-refractivity contribution in [2.24, 2.45) is 5.92 Å². The lowest BCUT2D eigenvalue weighted by atomic mass is 10.1. The van der Waals surface area contributed by atoms with Gasteiger partial charge < -0.3 is 5.11 Å². The van der Waals surface area contributed by atoms with Crippen LogP contribution in [0, 0.1) is 5.92 Å². The van der Waals surface area contributed by atoms with Crippen LogP contribution in [-0.2, 0) is 4.79 Å². The molecule has 0 aliphatic carbocycles. The second-order valence-corrected chi connectivity index (χ2v) is 5.61. The molecule has 0 aliphatic rings. The fourth-order valence-corrected chi connectivity index (χ4v) is 1.71. The maximum absolute atomic E-state index is 10.7. The molecule has 19 heavy (non-hydrogen) atoms. The SMILES string of the molecule is CCN(CC(=O)O)CC(C)N(C)C/C=C(\C)C(C)C. The van der Waals surface area contributed by atoms with Crippen molar-refractivity contribution in [1.29, 1.82) is 0 Å². The molecule has 0 radical (unpaired) electrons. The molecule has 0 fully saturated rings. The molecule has 1 N–H and O–H groups in total. The zero-order valence-electron chi connectivity index (χ0n) is 13.3. The number of allylic oxidation sites excluding steroid dienone is 1. The number of hydrogen-bond donors (Lipinski definition) is 1. The number of nitrogens with zero attached hydrogens (tertiary/aromatic N) is 2. The summed E-state index contributed by atoms with van der Waals surface area (Å²) in [6, 6.07) is 0.343. The summed E-state index contributed by atoms with van der Waals surface area (Å²) in [6.07, 6.45) is 2.26. The molecule has 112 valence electrons. The minimum atomic E-state index is -0.757. The zero-order chi connectivity index (χ0) is 15.0. The number of rotatable bonds is 9. The molecule has 0 heterocycles. The fourth-order valence-electron chi connectivity index (χ4n) is 1.71. The van der Waals surface area contributed by atoms with E-state index in [-0.39, 0.29) is 6.54 Å². The molecule has 1 atom stereocenters. The number of carboxylic acid groups (broad SMARTS) is 1. The summed E-state index contributed by atoms with van der Waals surface area (Å²) in [4.78, 5) is 15.0. The van der Waals surface area contributed by atoms with Gasteiger partial charge in [-0.05, 0) is 33.4 Å². The highest BCUT2D eigenvalue weighted by molar-refractivity contribution is 5.69. The Morgan fingerprint density at radius 1 is 1.32 bits per heavy atom. The first-order valence-corrected chi connectivity index (χ1v) is 7.08. The zero-order valence-corrected chi connectivity index (χ0v) is 13.3. The minimum Gasteiger partial charge on any atom is -0.480 e. The van der Waals surface area contributed by atoms with Gasteiger partial charge in [-0.25, -0.2) is 0 Å². The third kappa shape index (κ3) is 8.01. The molecule has 0 amide bonds. The first kappa shape index (κ1) is 18.1. The Morgan fingerprint density at radius 3 is 2.32 bits per heavy atom. The Labute approximate surface area is 118 Å². The van der Waals surface area contributed by atoms with Gasteiger partial charge in [0.25, 0.3) is 0 Å². The molecule has 0 spiro atoms. The number of aliphatic carboxylic acids is 1. The first-order valence-electron chi connectivity index (χ1n) is 7.08. The number of carboxylic acids is 1. The van der Waals surface area contributed by atoms with Gasteiger partial charge in [0.1, 0.15) is 0 Å². The van der Waals surface area contributed by atoms with Crippen LogP contribution in [-0.4, -0.2) is 60.1 Å². The first-order chi connectivity index (χ1) is 8.77. The summed E-state index contributed by atoms with van der Waals surface area (Å²) in [5, 5.41) is 8.84. The normalized spacial score (nSPS) is 14.5. The van der Waals surface area contributed by atoms with Gasteiger partial charge in [0.15, 0.2) is 0 Å². The van der Waals surface area contributed by atoms with Crippen molar-refractivity contribution in [3.05, 3.63) is 11.6 Å². The van der Waals surface area contributed by atoms with E-state index >= 15 is 0 Å². The highest BCUT2D eigenvalue weighted by Gasteiger charge is 2.14. The van der Waals surface area contributed by atoms with Crippen LogP contribution in [0.1, 0.15) is 34.6 Å². The van der Waals surface area contributed by atoms with Crippen molar-refractivity contribution in [1.82, 2.24) is 9.80 Å². The van der Waals surface area contributed by atoms with Crippen LogP contribution in [0.4, 0.5) is 0 Å². The maximum Gasteiger partial charge on any atom is 0.317 e. The van der Waals surface area contributed by atoms with Gasteiger partial charge >= 0.3 is 5.97 Å². The molecule has 4 nitrogen and oxygen atoms in total. The average Bonchev–Trinajstić information content (AvgIpc) is 2.33. The van der Waals surface area contributed by atoms with Crippen LogP contribution in [0.3, 0.4) is 0 Å². The quantitative estimate of drug-likeness (QED) is 0.653. The largest absolute Gasteiger partial charge is 0.480 e. The van der Waals surface area contributed by atoms with E-state index in [2.05, 4.69) is 45.7 Å². The minimum absolute atomic E-state index is 0.121. The van der Waals surface area contributed by atoms with Gasteiger partial charge in [0, 0.05) is 19.1 Å². The van der Waals surface area contributed by atoms with Gasteiger partial charge in [-0.3, -0.25) is 14.6 Å². The third-order valence-corrected chi connectivity index (χ3v) is 3.69. The van der Waals surface area contributed by atoms with Crippen LogP contribution in [0.15, 0.2) is 11.6 Å². The maximum atomic E-state index is 10.7. The Balaban J connectivity index is 4.28. The van der Waals surface area contributed by atoms with Gasteiger partial charge in [-0.15, -0.1) is 0 Å². The van der Waals surface area contributed by atoms with Crippen molar-refractivity contribution in [3.8, 4) is 0 Å². The standard InChI is InChI=1S/C15H30N2O2/c1-7-17(11-15(18)19)10-14(5)16(6)9-8-13(4)12(2)3/h8,12,14H,7,9-11H2,1-6H3,(H,18,19)/b13-8+. The summed E-state index contributed by atoms with van der Waals surface area (Å²) >= 11 is 0. The second-order valence-electron chi connectivity index (χ2n) is 5.61. The molecule has 0 saturated carbocycles. The van der Waals surface area contributed by atoms with Gasteiger partial charge in [0.2, 0.25) is 0 Å². The van der Waals surface area contributed by atoms with Gasteiger partial charge in [-0.2, -0.15) is 0 Å². The van der Waals surface area contributed by atoms with Crippen molar-refractivity contribution >= 4 is 5.97 Å². The average molecular weight is 270 g/mol. The second kappa shape index (κ2) is 9.10. The van der Waals surface area contributed by atoms with Crippen LogP contribution in [0.5, 0.6) is 0 Å². The van der Waals surface area contributed by atoms with Crippen LogP contribution < -0.4 is 0 Å². The smallest absolute Gasteiger partial charge is 0.317 e. The fraction of sp³-hybridized carbons (Fsp3) is 0.800. The number of likely N-dealkylation sites (N-methyl/N-ethyl adjacent to an activating group) is 2. The summed E-state index contributed by atoms with van der Waals surface area (Å²) in [6.45, 7) is 13.3. The monoisotopic (exact) mass is 270 g/mol. The molecule has 0 aromatic carbocycles. The number of carbonyl (C=O) groups is 1. The highest BCUT2D eigenvalue weighted by Crippen LogP contribution is 2.08. The predicted octanol–water partition coefficient (Wildman–Crippen LogP) is 2.32. The molecule has 1 unspecified atom stereocenters. The lowest BCUT2D eigenvalue weighted by Gasteiger charge is -2.29. The number of hydrogen-bond acceptors (Lipinski definition) is 3. The molecule has 4 heteroatoms. The topological polar surface area (TPSA) is 43.8 Å². The molecular formula is C15H30N2O2. The van der Waals surface area contributed by atoms with Crippen LogP contribution in [0.2, 0.25) is 0 Å². The molecule has 0 bridgehead atoms. The van der Waals surface area contributed by atoms with Gasteiger partial charge in [0.05, 0.1) is 6.54 Å². The molecule has 0 aliphatic heterocycles. The van der Waals surface area contributed by atoms with Crippen LogP contribution >= 0.6 is 0 Å². The lowest BCUT2D eigenvalue weighted by molar-refractivity contribution is -0.138. The van der Waals surface area contributed by atoms with E-state index in [1.54, 1.807) is 0 Å². The molecule has 0 aromatic rings. The van der Waals surface area contributed by atoms with E-state index in [9.17, 15) is 4.79 Å². The summed E-state index contributed by atoms with van der Waals surface area (Å²) in [5.74, 6) is -0.171. The van der Waals surface area contributed by atoms with E-state index in [0.29, 0.717) is 12.0 Å². The van der Waals surface area contributed by atoms with Gasteiger partial charge in [-0.1, -0.05) is 32.4 Å². The Morgan fingerprint density at radius 2 is 1.89 bits per heavy atom. The Kier molecular flexibility index (Phi) is 8.68. The van der Waals surface area contributed by atoms with E-state index in [0.717, 1.165) is 19.6 Å². The van der Waals surface area contributed by atoms with Crippen molar-refractivity contribution < 1.29 is 9.90 Å². The third-order valence-electron chi connectivity index (χ3n) is 3.69. The summed E-state index contributed by atoms with van der Waals surface area (Å²) < 4.78 is 0. The predicted molar refractivity (Wildman–Crippen MR) is 80.4 cm³/mol. The van der Waals surface area contributed by atoms with Crippen molar-refractivity contribution in [2.75, 3.05) is 33.2 Å². The van der Waals surface area contributed by atoms with Crippen molar-refractivity contribution in [2.45, 2.75) is 40.7 Å². The summed E-state index contributed by atoms with van der Waals surface area (Å²) in [5.41, 5.74) is 1.40. The van der Waals surface area contributed by atoms with E-state index in [1.165, 1.54) is 5.57 Å². The van der Waals surface area contributed by atoms with E-state index in [4.69, 9.17) is 5.11 Å². The Bertz CT molecular complexity index is 301. The van der Waals surface area contributed by atoms with Crippen LogP contribution in [0.25, 0.3) is 0 Å². The molecule has 0 saturated heterocycles. The van der Waals surface area contributed by atoms with E-state index < -0.39 is 5.97 Å².